The van der Waals surface area contributed by atoms with Crippen LogP contribution >= 0.6 is 22.9 Å². The van der Waals surface area contributed by atoms with E-state index in [1.807, 2.05) is 0 Å². The zero-order chi connectivity index (χ0) is 12.6. The molecular formula is C11H13ClN2O2S. The first-order valence-corrected chi connectivity index (χ1v) is 6.48. The van der Waals surface area contributed by atoms with Gasteiger partial charge in [-0.1, -0.05) is 11.6 Å². The molecule has 1 N–H and O–H groups in total. The van der Waals surface area contributed by atoms with Gasteiger partial charge in [-0.3, -0.25) is 9.59 Å². The van der Waals surface area contributed by atoms with Crippen LogP contribution in [0.25, 0.3) is 0 Å². The molecule has 0 unspecified atom stereocenters. The summed E-state index contributed by atoms with van der Waals surface area (Å²) in [6.45, 7) is 4.50. The molecule has 0 bridgehead atoms. The van der Waals surface area contributed by atoms with Crippen molar-refractivity contribution in [3.05, 3.63) is 21.3 Å². The van der Waals surface area contributed by atoms with Crippen molar-refractivity contribution < 1.29 is 9.59 Å². The number of hydrogen-bond acceptors (Lipinski definition) is 3. The van der Waals surface area contributed by atoms with E-state index < -0.39 is 5.54 Å². The van der Waals surface area contributed by atoms with E-state index in [-0.39, 0.29) is 11.8 Å². The van der Waals surface area contributed by atoms with Gasteiger partial charge < -0.3 is 10.2 Å². The number of carbonyl (C=O) groups is 2. The van der Waals surface area contributed by atoms with E-state index in [9.17, 15) is 9.59 Å². The monoisotopic (exact) mass is 272 g/mol. The maximum Gasteiger partial charge on any atom is 0.264 e. The van der Waals surface area contributed by atoms with Crippen LogP contribution in [0.3, 0.4) is 0 Å². The van der Waals surface area contributed by atoms with Crippen molar-refractivity contribution in [3.63, 3.8) is 0 Å². The summed E-state index contributed by atoms with van der Waals surface area (Å²) in [4.78, 5) is 26.2. The number of thiophene rings is 1. The molecule has 1 saturated heterocycles. The molecular weight excluding hydrogens is 260 g/mol. The maximum absolute atomic E-state index is 12.3. The summed E-state index contributed by atoms with van der Waals surface area (Å²) in [5.74, 6) is -0.262. The van der Waals surface area contributed by atoms with E-state index in [2.05, 4.69) is 5.32 Å². The third-order valence-corrected chi connectivity index (χ3v) is 4.10. The Morgan fingerprint density at radius 2 is 2.24 bits per heavy atom. The minimum atomic E-state index is -0.814. The molecule has 6 heteroatoms. The van der Waals surface area contributed by atoms with E-state index in [1.54, 1.807) is 30.9 Å². The number of nitrogens with zero attached hydrogens (tertiary/aromatic N) is 1. The minimum Gasteiger partial charge on any atom is -0.352 e. The van der Waals surface area contributed by atoms with Crippen LogP contribution in [0.5, 0.6) is 0 Å². The van der Waals surface area contributed by atoms with Crippen LogP contribution in [0, 0.1) is 0 Å². The van der Waals surface area contributed by atoms with Crippen LogP contribution in [-0.4, -0.2) is 35.3 Å². The Kier molecular flexibility index (Phi) is 3.14. The lowest BCUT2D eigenvalue weighted by Gasteiger charge is -2.40. The lowest BCUT2D eigenvalue weighted by molar-refractivity contribution is -0.133. The Morgan fingerprint density at radius 1 is 1.53 bits per heavy atom. The molecule has 0 atom stereocenters. The minimum absolute atomic E-state index is 0.125. The molecule has 0 aliphatic carbocycles. The summed E-state index contributed by atoms with van der Waals surface area (Å²) in [6.07, 6.45) is 0. The molecule has 17 heavy (non-hydrogen) atoms. The highest BCUT2D eigenvalue weighted by Crippen LogP contribution is 2.26. The van der Waals surface area contributed by atoms with Crippen LogP contribution in [-0.2, 0) is 4.79 Å². The molecule has 0 radical (unpaired) electrons. The van der Waals surface area contributed by atoms with E-state index in [0.29, 0.717) is 22.3 Å². The van der Waals surface area contributed by atoms with E-state index in [0.717, 1.165) is 0 Å². The molecule has 1 aromatic rings. The zero-order valence-corrected chi connectivity index (χ0v) is 11.2. The maximum atomic E-state index is 12.3. The van der Waals surface area contributed by atoms with Crippen molar-refractivity contribution in [2.24, 2.45) is 0 Å². The van der Waals surface area contributed by atoms with Gasteiger partial charge >= 0.3 is 0 Å². The third kappa shape index (κ3) is 2.17. The summed E-state index contributed by atoms with van der Waals surface area (Å²) >= 11 is 7.05. The molecule has 4 nitrogen and oxygen atoms in total. The van der Waals surface area contributed by atoms with Crippen molar-refractivity contribution in [3.8, 4) is 0 Å². The number of amides is 2. The van der Waals surface area contributed by atoms with Crippen LogP contribution in [0.1, 0.15) is 23.5 Å². The number of rotatable bonds is 1. The highest BCUT2D eigenvalue weighted by atomic mass is 35.5. The van der Waals surface area contributed by atoms with E-state index in [4.69, 9.17) is 11.6 Å². The fourth-order valence-electron chi connectivity index (χ4n) is 1.82. The predicted molar refractivity (Wildman–Crippen MR) is 67.5 cm³/mol. The largest absolute Gasteiger partial charge is 0.352 e. The zero-order valence-electron chi connectivity index (χ0n) is 9.62. The average Bonchev–Trinajstić information content (AvgIpc) is 2.68. The topological polar surface area (TPSA) is 49.4 Å². The van der Waals surface area contributed by atoms with Crippen LogP contribution in [0.2, 0.25) is 4.34 Å². The highest BCUT2D eigenvalue weighted by Gasteiger charge is 2.40. The van der Waals surface area contributed by atoms with Gasteiger partial charge in [-0.15, -0.1) is 11.3 Å². The Labute approximate surface area is 109 Å². The predicted octanol–water partition coefficient (Wildman–Crippen LogP) is 1.75. The molecule has 2 heterocycles. The summed E-state index contributed by atoms with van der Waals surface area (Å²) in [5, 5.41) is 2.76. The standard InChI is InChI=1S/C11H13ClN2O2S/c1-11(2)10(16)13-5-6-14(11)9(15)7-3-4-8(12)17-7/h3-4H,5-6H2,1-2H3,(H,13,16). The van der Waals surface area contributed by atoms with Gasteiger partial charge in [0.1, 0.15) is 5.54 Å². The summed E-state index contributed by atoms with van der Waals surface area (Å²) in [7, 11) is 0. The number of piperazine rings is 1. The number of nitrogens with one attached hydrogen (secondary N) is 1. The van der Waals surface area contributed by atoms with Crippen molar-refractivity contribution >= 4 is 34.8 Å². The molecule has 1 fully saturated rings. The first-order valence-electron chi connectivity index (χ1n) is 5.28. The molecule has 92 valence electrons. The van der Waals surface area contributed by atoms with Gasteiger partial charge in [-0.05, 0) is 26.0 Å². The average molecular weight is 273 g/mol. The van der Waals surface area contributed by atoms with Gasteiger partial charge in [0, 0.05) is 13.1 Å². The third-order valence-electron chi connectivity index (χ3n) is 2.88. The number of hydrogen-bond donors (Lipinski definition) is 1. The Balaban J connectivity index is 2.27. The van der Waals surface area contributed by atoms with Crippen molar-refractivity contribution in [2.75, 3.05) is 13.1 Å². The van der Waals surface area contributed by atoms with E-state index in [1.165, 1.54) is 11.3 Å². The highest BCUT2D eigenvalue weighted by molar-refractivity contribution is 7.18. The molecule has 2 amide bonds. The smallest absolute Gasteiger partial charge is 0.264 e. The van der Waals surface area contributed by atoms with Crippen LogP contribution < -0.4 is 5.32 Å². The quantitative estimate of drug-likeness (QED) is 0.847. The van der Waals surface area contributed by atoms with Crippen LogP contribution in [0.4, 0.5) is 0 Å². The Hall–Kier alpha value is -1.07. The molecule has 0 spiro atoms. The lowest BCUT2D eigenvalue weighted by Crippen LogP contribution is -2.63. The second-order valence-corrected chi connectivity index (χ2v) is 6.09. The van der Waals surface area contributed by atoms with Crippen molar-refractivity contribution in [1.82, 2.24) is 10.2 Å². The summed E-state index contributed by atoms with van der Waals surface area (Å²) in [5.41, 5.74) is -0.814. The lowest BCUT2D eigenvalue weighted by atomic mass is 9.98. The van der Waals surface area contributed by atoms with Gasteiger partial charge in [0.25, 0.3) is 5.91 Å². The summed E-state index contributed by atoms with van der Waals surface area (Å²) in [6, 6.07) is 3.38. The Bertz CT molecular complexity index is 470. The normalized spacial score (nSPS) is 19.0. The van der Waals surface area contributed by atoms with Gasteiger partial charge in [-0.2, -0.15) is 0 Å². The van der Waals surface area contributed by atoms with Gasteiger partial charge in [0.15, 0.2) is 0 Å². The fraction of sp³-hybridized carbons (Fsp3) is 0.455. The number of halogens is 1. The second-order valence-electron chi connectivity index (χ2n) is 4.38. The van der Waals surface area contributed by atoms with Gasteiger partial charge in [0.05, 0.1) is 9.21 Å². The molecule has 0 aromatic carbocycles. The molecule has 0 saturated carbocycles. The number of carbonyl (C=O) groups excluding carboxylic acids is 2. The molecule has 2 rings (SSSR count). The van der Waals surface area contributed by atoms with E-state index >= 15 is 0 Å². The fourth-order valence-corrected chi connectivity index (χ4v) is 2.81. The van der Waals surface area contributed by atoms with Gasteiger partial charge in [0.2, 0.25) is 5.91 Å². The molecule has 1 aromatic heterocycles. The van der Waals surface area contributed by atoms with Crippen LogP contribution in [0.15, 0.2) is 12.1 Å². The van der Waals surface area contributed by atoms with Crippen molar-refractivity contribution in [2.45, 2.75) is 19.4 Å². The first-order chi connectivity index (χ1) is 7.93. The Morgan fingerprint density at radius 3 is 2.82 bits per heavy atom. The molecule has 1 aliphatic heterocycles. The SMILES string of the molecule is CC1(C)C(=O)NCCN1C(=O)c1ccc(Cl)s1. The van der Waals surface area contributed by atoms with Crippen molar-refractivity contribution in [1.29, 1.82) is 0 Å². The molecule has 1 aliphatic rings. The van der Waals surface area contributed by atoms with Gasteiger partial charge in [-0.25, -0.2) is 0 Å². The summed E-state index contributed by atoms with van der Waals surface area (Å²) < 4.78 is 0.576. The first kappa shape index (κ1) is 12.4. The second kappa shape index (κ2) is 4.31.